The second-order valence-corrected chi connectivity index (χ2v) is 8.44. The Morgan fingerprint density at radius 1 is 1.38 bits per heavy atom. The lowest BCUT2D eigenvalue weighted by atomic mass is 10.1. The molecule has 1 aliphatic rings. The molecule has 7 nitrogen and oxygen atoms in total. The first-order valence-corrected chi connectivity index (χ1v) is 9.89. The minimum Gasteiger partial charge on any atom is -0.392 e. The van der Waals surface area contributed by atoms with Crippen molar-refractivity contribution in [3.63, 3.8) is 0 Å². The summed E-state index contributed by atoms with van der Waals surface area (Å²) < 4.78 is 16.9. The molecule has 1 heterocycles. The van der Waals surface area contributed by atoms with E-state index in [1.807, 2.05) is 30.3 Å². The highest BCUT2D eigenvalue weighted by Crippen LogP contribution is 2.45. The molecule has 0 spiro atoms. The SMILES string of the molecule is NC(CCc1ccccc1)P(=O)(O)CC(=O)OC(=O)[C@@H]1CCCN1. The molecule has 1 fully saturated rings. The largest absolute Gasteiger partial charge is 0.392 e. The van der Waals surface area contributed by atoms with Gasteiger partial charge in [0.2, 0.25) is 7.37 Å². The minimum atomic E-state index is -3.93. The summed E-state index contributed by atoms with van der Waals surface area (Å²) in [6.45, 7) is 0.691. The van der Waals surface area contributed by atoms with Crippen LogP contribution < -0.4 is 11.1 Å². The van der Waals surface area contributed by atoms with Gasteiger partial charge in [-0.05, 0) is 37.8 Å². The van der Waals surface area contributed by atoms with E-state index in [4.69, 9.17) is 5.73 Å². The zero-order chi connectivity index (χ0) is 17.6. The first-order chi connectivity index (χ1) is 11.4. The Morgan fingerprint density at radius 3 is 2.71 bits per heavy atom. The summed E-state index contributed by atoms with van der Waals surface area (Å²) in [5, 5.41) is 2.90. The first-order valence-electron chi connectivity index (χ1n) is 7.97. The smallest absolute Gasteiger partial charge is 0.330 e. The van der Waals surface area contributed by atoms with Crippen LogP contribution in [0.15, 0.2) is 30.3 Å². The van der Waals surface area contributed by atoms with E-state index < -0.39 is 37.3 Å². The third kappa shape index (κ3) is 5.53. The normalized spacial score (nSPS) is 21.0. The molecular weight excluding hydrogens is 331 g/mol. The molecule has 0 bridgehead atoms. The molecule has 0 radical (unpaired) electrons. The molecule has 3 atom stereocenters. The quantitative estimate of drug-likeness (QED) is 0.380. The molecule has 132 valence electrons. The summed E-state index contributed by atoms with van der Waals surface area (Å²) in [5.74, 6) is -2.74. The van der Waals surface area contributed by atoms with Gasteiger partial charge in [-0.25, -0.2) is 4.79 Å². The maximum Gasteiger partial charge on any atom is 0.330 e. The van der Waals surface area contributed by atoms with E-state index in [1.165, 1.54) is 0 Å². The topological polar surface area (TPSA) is 119 Å². The number of benzene rings is 1. The van der Waals surface area contributed by atoms with Crippen LogP contribution in [0.3, 0.4) is 0 Å². The molecule has 0 aromatic heterocycles. The molecule has 1 aliphatic heterocycles. The van der Waals surface area contributed by atoms with Gasteiger partial charge in [-0.3, -0.25) is 9.36 Å². The maximum atomic E-state index is 12.3. The summed E-state index contributed by atoms with van der Waals surface area (Å²) in [6.07, 6.45) is 1.48. The Labute approximate surface area is 141 Å². The van der Waals surface area contributed by atoms with E-state index in [-0.39, 0.29) is 6.42 Å². The predicted molar refractivity (Wildman–Crippen MR) is 89.6 cm³/mol. The lowest BCUT2D eigenvalue weighted by Crippen LogP contribution is -2.35. The van der Waals surface area contributed by atoms with Crippen LogP contribution in [0.1, 0.15) is 24.8 Å². The fourth-order valence-electron chi connectivity index (χ4n) is 2.56. The summed E-state index contributed by atoms with van der Waals surface area (Å²) in [4.78, 5) is 33.5. The average Bonchev–Trinajstić information content (AvgIpc) is 3.07. The van der Waals surface area contributed by atoms with Crippen molar-refractivity contribution in [2.45, 2.75) is 37.5 Å². The number of esters is 2. The number of rotatable bonds is 7. The Morgan fingerprint density at radius 2 is 2.08 bits per heavy atom. The van der Waals surface area contributed by atoms with Gasteiger partial charge in [-0.1, -0.05) is 30.3 Å². The summed E-state index contributed by atoms with van der Waals surface area (Å²) in [5.41, 5.74) is 6.78. The summed E-state index contributed by atoms with van der Waals surface area (Å²) >= 11 is 0. The predicted octanol–water partition coefficient (Wildman–Crippen LogP) is 0.996. The van der Waals surface area contributed by atoms with Gasteiger partial charge < -0.3 is 20.7 Å². The molecule has 1 saturated heterocycles. The standard InChI is InChI=1S/C16H23N2O5P/c17-14(9-8-12-5-2-1-3-6-12)24(21,22)11-15(19)23-16(20)13-7-4-10-18-13/h1-3,5-6,13-14,18H,4,7-11,17H2,(H,21,22)/t13-,14?/m0/s1. The fraction of sp³-hybridized carbons (Fsp3) is 0.500. The third-order valence-corrected chi connectivity index (χ3v) is 6.01. The zero-order valence-corrected chi connectivity index (χ0v) is 14.3. The van der Waals surface area contributed by atoms with Crippen molar-refractivity contribution in [3.05, 3.63) is 35.9 Å². The van der Waals surface area contributed by atoms with Crippen molar-refractivity contribution < 1.29 is 23.8 Å². The van der Waals surface area contributed by atoms with Crippen LogP contribution in [0.25, 0.3) is 0 Å². The molecule has 0 amide bonds. The van der Waals surface area contributed by atoms with E-state index in [0.29, 0.717) is 19.4 Å². The van der Waals surface area contributed by atoms with Crippen LogP contribution in [0.5, 0.6) is 0 Å². The van der Waals surface area contributed by atoms with Gasteiger partial charge in [0.25, 0.3) is 0 Å². The van der Waals surface area contributed by atoms with Crippen molar-refractivity contribution in [3.8, 4) is 0 Å². The summed E-state index contributed by atoms with van der Waals surface area (Å²) in [6, 6.07) is 8.91. The molecule has 2 unspecified atom stereocenters. The molecule has 0 aliphatic carbocycles. The highest BCUT2D eigenvalue weighted by molar-refractivity contribution is 7.59. The Bertz CT molecular complexity index is 616. The van der Waals surface area contributed by atoms with Crippen LogP contribution in [0.4, 0.5) is 0 Å². The van der Waals surface area contributed by atoms with Gasteiger partial charge in [0.1, 0.15) is 12.2 Å². The highest BCUT2D eigenvalue weighted by Gasteiger charge is 2.33. The van der Waals surface area contributed by atoms with Crippen molar-refractivity contribution in [2.24, 2.45) is 5.73 Å². The monoisotopic (exact) mass is 354 g/mol. The number of aryl methyl sites for hydroxylation is 1. The fourth-order valence-corrected chi connectivity index (χ4v) is 3.77. The molecule has 1 aromatic rings. The molecule has 8 heteroatoms. The van der Waals surface area contributed by atoms with E-state index in [9.17, 15) is 19.0 Å². The van der Waals surface area contributed by atoms with Gasteiger partial charge in [0, 0.05) is 0 Å². The first kappa shape index (κ1) is 18.8. The highest BCUT2D eigenvalue weighted by atomic mass is 31.2. The van der Waals surface area contributed by atoms with Crippen molar-refractivity contribution >= 4 is 19.3 Å². The molecule has 0 saturated carbocycles. The molecule has 4 N–H and O–H groups in total. The maximum absolute atomic E-state index is 12.3. The third-order valence-electron chi connectivity index (χ3n) is 4.00. The number of hydrogen-bond donors (Lipinski definition) is 3. The van der Waals surface area contributed by atoms with E-state index in [0.717, 1.165) is 12.0 Å². The zero-order valence-electron chi connectivity index (χ0n) is 13.4. The minimum absolute atomic E-state index is 0.267. The van der Waals surface area contributed by atoms with Crippen LogP contribution in [0, 0.1) is 0 Å². The lowest BCUT2D eigenvalue weighted by Gasteiger charge is -2.18. The number of carbonyl (C=O) groups excluding carboxylic acids is 2. The van der Waals surface area contributed by atoms with Crippen molar-refractivity contribution in [1.29, 1.82) is 0 Å². The van der Waals surface area contributed by atoms with Gasteiger partial charge in [0.05, 0.1) is 5.78 Å². The molecular formula is C16H23N2O5P. The van der Waals surface area contributed by atoms with Crippen LogP contribution in [-0.4, -0.2) is 41.4 Å². The van der Waals surface area contributed by atoms with Crippen LogP contribution in [0.2, 0.25) is 0 Å². The number of hydrogen-bond acceptors (Lipinski definition) is 6. The van der Waals surface area contributed by atoms with E-state index in [2.05, 4.69) is 10.1 Å². The van der Waals surface area contributed by atoms with Gasteiger partial charge >= 0.3 is 11.9 Å². The number of ether oxygens (including phenoxy) is 1. The van der Waals surface area contributed by atoms with Crippen LogP contribution >= 0.6 is 7.37 Å². The molecule has 2 rings (SSSR count). The number of carbonyl (C=O) groups is 2. The molecule has 24 heavy (non-hydrogen) atoms. The Balaban J connectivity index is 1.81. The summed E-state index contributed by atoms with van der Waals surface area (Å²) in [7, 11) is -3.93. The van der Waals surface area contributed by atoms with E-state index >= 15 is 0 Å². The van der Waals surface area contributed by atoms with E-state index in [1.54, 1.807) is 0 Å². The van der Waals surface area contributed by atoms with Gasteiger partial charge in [-0.2, -0.15) is 0 Å². The van der Waals surface area contributed by atoms with Gasteiger partial charge in [0.15, 0.2) is 0 Å². The Kier molecular flexibility index (Phi) is 6.69. The Hall–Kier alpha value is -1.53. The van der Waals surface area contributed by atoms with Gasteiger partial charge in [-0.15, -0.1) is 0 Å². The second kappa shape index (κ2) is 8.53. The molecule has 1 aromatic carbocycles. The van der Waals surface area contributed by atoms with Crippen LogP contribution in [-0.2, 0) is 25.3 Å². The lowest BCUT2D eigenvalue weighted by molar-refractivity contribution is -0.159. The number of nitrogens with two attached hydrogens (primary N) is 1. The number of nitrogens with one attached hydrogen (secondary N) is 1. The van der Waals surface area contributed by atoms with Crippen molar-refractivity contribution in [2.75, 3.05) is 12.7 Å². The van der Waals surface area contributed by atoms with Crippen molar-refractivity contribution in [1.82, 2.24) is 5.32 Å². The second-order valence-electron chi connectivity index (χ2n) is 5.95. The average molecular weight is 354 g/mol.